The molecule has 9 heteroatoms. The highest BCUT2D eigenvalue weighted by molar-refractivity contribution is 6.31. The van der Waals surface area contributed by atoms with E-state index in [9.17, 15) is 24.5 Å². The van der Waals surface area contributed by atoms with Crippen LogP contribution < -0.4 is 4.90 Å². The van der Waals surface area contributed by atoms with Gasteiger partial charge in [-0.1, -0.05) is 36.9 Å². The van der Waals surface area contributed by atoms with Crippen molar-refractivity contribution in [2.24, 2.45) is 0 Å². The Morgan fingerprint density at radius 2 is 1.75 bits per heavy atom. The maximum atomic E-state index is 13.5. The van der Waals surface area contributed by atoms with Gasteiger partial charge in [-0.25, -0.2) is 4.90 Å². The molecule has 1 atom stereocenters. The summed E-state index contributed by atoms with van der Waals surface area (Å²) in [5.74, 6) is -1.33. The number of rotatable bonds is 5. The Bertz CT molecular complexity index is 1070. The molecule has 1 saturated carbocycles. The minimum atomic E-state index is -0.951. The Kier molecular flexibility index (Phi) is 6.23. The van der Waals surface area contributed by atoms with E-state index in [4.69, 9.17) is 11.6 Å². The Hall–Kier alpha value is -3.26. The van der Waals surface area contributed by atoms with Crippen LogP contribution in [-0.2, 0) is 9.59 Å². The summed E-state index contributed by atoms with van der Waals surface area (Å²) >= 11 is 5.93. The van der Waals surface area contributed by atoms with Crippen LogP contribution in [0.2, 0.25) is 5.02 Å². The smallest absolute Gasteiger partial charge is 0.270 e. The third-order valence-electron chi connectivity index (χ3n) is 6.05. The minimum absolute atomic E-state index is 0.126. The second-order valence-corrected chi connectivity index (χ2v) is 8.51. The Labute approximate surface area is 189 Å². The molecule has 0 radical (unpaired) electrons. The maximum absolute atomic E-state index is 13.5. The molecule has 2 aliphatic rings. The first-order chi connectivity index (χ1) is 15.4. The predicted octanol–water partition coefficient (Wildman–Crippen LogP) is 4.36. The predicted molar refractivity (Wildman–Crippen MR) is 118 cm³/mol. The lowest BCUT2D eigenvalue weighted by Gasteiger charge is -2.37. The van der Waals surface area contributed by atoms with E-state index in [0.717, 1.165) is 37.0 Å². The number of non-ortho nitro benzene ring substituents is 1. The maximum Gasteiger partial charge on any atom is 0.270 e. The summed E-state index contributed by atoms with van der Waals surface area (Å²) in [6, 6.07) is 10.7. The van der Waals surface area contributed by atoms with Gasteiger partial charge in [0, 0.05) is 28.8 Å². The number of amides is 3. The monoisotopic (exact) mass is 455 g/mol. The van der Waals surface area contributed by atoms with E-state index in [2.05, 4.69) is 0 Å². The summed E-state index contributed by atoms with van der Waals surface area (Å²) in [4.78, 5) is 52.9. The van der Waals surface area contributed by atoms with Crippen LogP contribution in [0.4, 0.5) is 11.4 Å². The van der Waals surface area contributed by atoms with Crippen molar-refractivity contribution in [3.05, 3.63) is 69.2 Å². The van der Waals surface area contributed by atoms with E-state index >= 15 is 0 Å². The third-order valence-corrected chi connectivity index (χ3v) is 6.30. The highest BCUT2D eigenvalue weighted by Crippen LogP contribution is 2.33. The fourth-order valence-corrected chi connectivity index (χ4v) is 4.64. The van der Waals surface area contributed by atoms with Crippen molar-refractivity contribution in [3.63, 3.8) is 0 Å². The van der Waals surface area contributed by atoms with Crippen molar-refractivity contribution < 1.29 is 19.3 Å². The molecule has 4 rings (SSSR count). The van der Waals surface area contributed by atoms with Gasteiger partial charge in [0.25, 0.3) is 17.5 Å². The second kappa shape index (κ2) is 9.08. The minimum Gasteiger partial charge on any atom is -0.323 e. The molecule has 1 saturated heterocycles. The van der Waals surface area contributed by atoms with Crippen LogP contribution >= 0.6 is 11.6 Å². The van der Waals surface area contributed by atoms with Crippen molar-refractivity contribution >= 4 is 40.7 Å². The number of hydrogen-bond acceptors (Lipinski definition) is 5. The zero-order valence-corrected chi connectivity index (χ0v) is 18.0. The van der Waals surface area contributed by atoms with Gasteiger partial charge in [-0.05, 0) is 43.2 Å². The molecule has 3 amide bonds. The first-order valence-electron chi connectivity index (χ1n) is 10.6. The van der Waals surface area contributed by atoms with Gasteiger partial charge in [-0.2, -0.15) is 0 Å². The topological polar surface area (TPSA) is 101 Å². The van der Waals surface area contributed by atoms with Crippen molar-refractivity contribution in [1.29, 1.82) is 0 Å². The van der Waals surface area contributed by atoms with Crippen molar-refractivity contribution in [3.8, 4) is 0 Å². The lowest BCUT2D eigenvalue weighted by molar-refractivity contribution is -0.384. The number of carbonyl (C=O) groups excluding carboxylic acids is 3. The first-order valence-corrected chi connectivity index (χ1v) is 10.9. The molecule has 166 valence electrons. The van der Waals surface area contributed by atoms with Gasteiger partial charge in [0.1, 0.15) is 6.04 Å². The van der Waals surface area contributed by atoms with Crippen molar-refractivity contribution in [2.45, 2.75) is 50.6 Å². The SMILES string of the molecule is O=C1CC(N(C(=O)c2cccc([N+](=O)[O-])c2)C2CCCCC2)C(=O)N1c1ccc(Cl)cc1. The van der Waals surface area contributed by atoms with E-state index < -0.39 is 28.7 Å². The van der Waals surface area contributed by atoms with E-state index in [0.29, 0.717) is 10.7 Å². The molecule has 2 aromatic carbocycles. The second-order valence-electron chi connectivity index (χ2n) is 8.08. The van der Waals surface area contributed by atoms with Gasteiger partial charge in [0.15, 0.2) is 0 Å². The Balaban J connectivity index is 1.69. The highest BCUT2D eigenvalue weighted by Gasteiger charge is 2.46. The number of benzene rings is 2. The van der Waals surface area contributed by atoms with Crippen LogP contribution in [0.25, 0.3) is 0 Å². The van der Waals surface area contributed by atoms with Gasteiger partial charge < -0.3 is 4.90 Å². The number of halogens is 1. The van der Waals surface area contributed by atoms with Crippen molar-refractivity contribution in [2.75, 3.05) is 4.90 Å². The Morgan fingerprint density at radius 1 is 1.06 bits per heavy atom. The molecule has 0 bridgehead atoms. The summed E-state index contributed by atoms with van der Waals surface area (Å²) in [6.07, 6.45) is 4.19. The molecule has 8 nitrogen and oxygen atoms in total. The van der Waals surface area contributed by atoms with E-state index in [-0.39, 0.29) is 23.7 Å². The van der Waals surface area contributed by atoms with Gasteiger partial charge >= 0.3 is 0 Å². The van der Waals surface area contributed by atoms with Crippen LogP contribution in [0.1, 0.15) is 48.9 Å². The molecule has 1 aliphatic carbocycles. The molecule has 0 N–H and O–H groups in total. The summed E-state index contributed by atoms with van der Waals surface area (Å²) in [7, 11) is 0. The molecular formula is C23H22ClN3O5. The molecule has 0 spiro atoms. The van der Waals surface area contributed by atoms with Crippen LogP contribution in [0.5, 0.6) is 0 Å². The average molecular weight is 456 g/mol. The first kappa shape index (κ1) is 22.0. The Morgan fingerprint density at radius 3 is 2.41 bits per heavy atom. The summed E-state index contributed by atoms with van der Waals surface area (Å²) < 4.78 is 0. The summed E-state index contributed by atoms with van der Waals surface area (Å²) in [6.45, 7) is 0. The summed E-state index contributed by atoms with van der Waals surface area (Å²) in [5, 5.41) is 11.7. The largest absolute Gasteiger partial charge is 0.323 e. The molecule has 1 unspecified atom stereocenters. The van der Waals surface area contributed by atoms with Crippen LogP contribution in [0.3, 0.4) is 0 Å². The molecule has 2 fully saturated rings. The molecule has 1 aliphatic heterocycles. The fraction of sp³-hybridized carbons (Fsp3) is 0.348. The van der Waals surface area contributed by atoms with E-state index in [1.807, 2.05) is 0 Å². The number of anilines is 1. The number of hydrogen-bond donors (Lipinski definition) is 0. The average Bonchev–Trinajstić information content (AvgIpc) is 3.09. The number of imide groups is 1. The number of nitro benzene ring substituents is 1. The molecule has 0 aromatic heterocycles. The van der Waals surface area contributed by atoms with Gasteiger partial charge in [0.05, 0.1) is 17.0 Å². The van der Waals surface area contributed by atoms with Crippen LogP contribution in [0, 0.1) is 10.1 Å². The number of carbonyl (C=O) groups is 3. The van der Waals surface area contributed by atoms with Gasteiger partial charge in [0.2, 0.25) is 5.91 Å². The zero-order valence-electron chi connectivity index (χ0n) is 17.3. The number of nitrogens with zero attached hydrogens (tertiary/aromatic N) is 3. The highest BCUT2D eigenvalue weighted by atomic mass is 35.5. The quantitative estimate of drug-likeness (QED) is 0.379. The van der Waals surface area contributed by atoms with Crippen LogP contribution in [0.15, 0.2) is 48.5 Å². The third kappa shape index (κ3) is 4.23. The zero-order chi connectivity index (χ0) is 22.8. The van der Waals surface area contributed by atoms with Gasteiger partial charge in [-0.3, -0.25) is 24.5 Å². The van der Waals surface area contributed by atoms with Crippen molar-refractivity contribution in [1.82, 2.24) is 4.90 Å². The molecule has 2 aromatic rings. The summed E-state index contributed by atoms with van der Waals surface area (Å²) in [5.41, 5.74) is 0.337. The molecule has 1 heterocycles. The van der Waals surface area contributed by atoms with Gasteiger partial charge in [-0.15, -0.1) is 0 Å². The fourth-order valence-electron chi connectivity index (χ4n) is 4.52. The number of nitro groups is 1. The van der Waals surface area contributed by atoms with E-state index in [1.165, 1.54) is 29.2 Å². The van der Waals surface area contributed by atoms with Crippen LogP contribution in [-0.4, -0.2) is 39.6 Å². The lowest BCUT2D eigenvalue weighted by atomic mass is 9.92. The normalized spacial score (nSPS) is 19.3. The molecule has 32 heavy (non-hydrogen) atoms. The van der Waals surface area contributed by atoms with E-state index in [1.54, 1.807) is 24.3 Å². The lowest BCUT2D eigenvalue weighted by Crippen LogP contribution is -2.51. The standard InChI is InChI=1S/C23H22ClN3O5/c24-16-9-11-18(12-10-16)26-21(28)14-20(23(26)30)25(17-6-2-1-3-7-17)22(29)15-5-4-8-19(13-15)27(31)32/h4-5,8-13,17,20H,1-3,6-7,14H2. The molecular weight excluding hydrogens is 434 g/mol.